The molecule has 0 bridgehead atoms. The Bertz CT molecular complexity index is 385. The summed E-state index contributed by atoms with van der Waals surface area (Å²) in [5.74, 6) is 0.354. The number of halogens is 1. The van der Waals surface area contributed by atoms with Crippen LogP contribution in [0.4, 0.5) is 0 Å². The summed E-state index contributed by atoms with van der Waals surface area (Å²) in [6, 6.07) is 9.93. The maximum Gasteiger partial charge on any atom is 0.0819 e. The average Bonchev–Trinajstić information content (AvgIpc) is 2.39. The molecule has 98 valence electrons. The van der Waals surface area contributed by atoms with Gasteiger partial charge in [-0.05, 0) is 37.4 Å². The van der Waals surface area contributed by atoms with Crippen molar-refractivity contribution in [2.24, 2.45) is 5.92 Å². The lowest BCUT2D eigenvalue weighted by atomic mass is 9.87. The number of rotatable bonds is 4. The van der Waals surface area contributed by atoms with E-state index in [4.69, 9.17) is 11.6 Å². The van der Waals surface area contributed by atoms with Gasteiger partial charge in [-0.2, -0.15) is 0 Å². The van der Waals surface area contributed by atoms with E-state index >= 15 is 0 Å². The zero-order chi connectivity index (χ0) is 13.0. The summed E-state index contributed by atoms with van der Waals surface area (Å²) < 4.78 is 0. The summed E-state index contributed by atoms with van der Waals surface area (Å²) in [5.41, 5.74) is 1.03. The van der Waals surface area contributed by atoms with Crippen LogP contribution in [0.3, 0.4) is 0 Å². The smallest absolute Gasteiger partial charge is 0.0819 e. The molecule has 18 heavy (non-hydrogen) atoms. The highest BCUT2D eigenvalue weighted by molar-refractivity contribution is 6.29. The fourth-order valence-electron chi connectivity index (χ4n) is 2.59. The van der Waals surface area contributed by atoms with E-state index in [-0.39, 0.29) is 6.10 Å². The summed E-state index contributed by atoms with van der Waals surface area (Å²) in [7, 11) is 0. The molecule has 0 aliphatic carbocycles. The van der Waals surface area contributed by atoms with E-state index in [0.717, 1.165) is 38.0 Å². The number of benzene rings is 1. The number of aliphatic hydroxyl groups is 1. The van der Waals surface area contributed by atoms with Crippen LogP contribution in [0, 0.1) is 5.92 Å². The van der Waals surface area contributed by atoms with Crippen molar-refractivity contribution in [3.63, 3.8) is 0 Å². The SMILES string of the molecule is C=C(Cl)CN1CCC(C(O)c2ccccc2)CC1. The molecule has 0 spiro atoms. The molecule has 1 heterocycles. The van der Waals surface area contributed by atoms with Crippen LogP contribution in [0.5, 0.6) is 0 Å². The van der Waals surface area contributed by atoms with Crippen molar-refractivity contribution in [3.05, 3.63) is 47.5 Å². The Hall–Kier alpha value is -0.830. The second-order valence-electron chi connectivity index (χ2n) is 4.99. The van der Waals surface area contributed by atoms with Gasteiger partial charge < -0.3 is 5.11 Å². The van der Waals surface area contributed by atoms with Gasteiger partial charge in [0.15, 0.2) is 0 Å². The van der Waals surface area contributed by atoms with Gasteiger partial charge in [0.05, 0.1) is 6.10 Å². The summed E-state index contributed by atoms with van der Waals surface area (Å²) >= 11 is 5.82. The van der Waals surface area contributed by atoms with E-state index in [2.05, 4.69) is 11.5 Å². The number of hydrogen-bond acceptors (Lipinski definition) is 2. The lowest BCUT2D eigenvalue weighted by Gasteiger charge is -2.34. The van der Waals surface area contributed by atoms with E-state index in [9.17, 15) is 5.11 Å². The van der Waals surface area contributed by atoms with Crippen molar-refractivity contribution in [1.29, 1.82) is 0 Å². The zero-order valence-corrected chi connectivity index (χ0v) is 11.3. The van der Waals surface area contributed by atoms with Gasteiger partial charge in [0, 0.05) is 11.6 Å². The highest BCUT2D eigenvalue weighted by atomic mass is 35.5. The standard InChI is InChI=1S/C15H20ClNO/c1-12(16)11-17-9-7-14(8-10-17)15(18)13-5-3-2-4-6-13/h2-6,14-15,18H,1,7-11H2. The Morgan fingerprint density at radius 2 is 1.94 bits per heavy atom. The normalized spacial score (nSPS) is 19.7. The van der Waals surface area contributed by atoms with Crippen LogP contribution >= 0.6 is 11.6 Å². The molecular formula is C15H20ClNO. The first-order valence-electron chi connectivity index (χ1n) is 6.45. The van der Waals surface area contributed by atoms with E-state index in [0.29, 0.717) is 11.0 Å². The van der Waals surface area contributed by atoms with Crippen molar-refractivity contribution >= 4 is 11.6 Å². The second kappa shape index (κ2) is 6.37. The maximum absolute atomic E-state index is 10.4. The van der Waals surface area contributed by atoms with Crippen LogP contribution in [0.25, 0.3) is 0 Å². The highest BCUT2D eigenvalue weighted by Crippen LogP contribution is 2.30. The van der Waals surface area contributed by atoms with Gasteiger partial charge in [0.2, 0.25) is 0 Å². The largest absolute Gasteiger partial charge is 0.388 e. The van der Waals surface area contributed by atoms with Gasteiger partial charge in [0.1, 0.15) is 0 Å². The minimum absolute atomic E-state index is 0.340. The van der Waals surface area contributed by atoms with Crippen LogP contribution in [0.1, 0.15) is 24.5 Å². The van der Waals surface area contributed by atoms with Crippen LogP contribution < -0.4 is 0 Å². The number of likely N-dealkylation sites (tertiary alicyclic amines) is 1. The molecule has 3 heteroatoms. The van der Waals surface area contributed by atoms with Crippen LogP contribution in [0.15, 0.2) is 41.9 Å². The van der Waals surface area contributed by atoms with Crippen molar-refractivity contribution in [2.45, 2.75) is 18.9 Å². The maximum atomic E-state index is 10.4. The minimum Gasteiger partial charge on any atom is -0.388 e. The molecule has 1 aromatic rings. The first-order chi connectivity index (χ1) is 8.66. The van der Waals surface area contributed by atoms with Gasteiger partial charge in [0.25, 0.3) is 0 Å². The summed E-state index contributed by atoms with van der Waals surface area (Å²) in [4.78, 5) is 2.30. The monoisotopic (exact) mass is 265 g/mol. The molecule has 1 fully saturated rings. The van der Waals surface area contributed by atoms with Crippen molar-refractivity contribution < 1.29 is 5.11 Å². The van der Waals surface area contributed by atoms with Crippen molar-refractivity contribution in [2.75, 3.05) is 19.6 Å². The summed E-state index contributed by atoms with van der Waals surface area (Å²) in [6.07, 6.45) is 1.69. The number of nitrogens with zero attached hydrogens (tertiary/aromatic N) is 1. The molecule has 0 saturated carbocycles. The fourth-order valence-corrected chi connectivity index (χ4v) is 2.76. The second-order valence-corrected chi connectivity index (χ2v) is 5.52. The predicted octanol–water partition coefficient (Wildman–Crippen LogP) is 3.18. The molecule has 2 nitrogen and oxygen atoms in total. The predicted molar refractivity (Wildman–Crippen MR) is 75.6 cm³/mol. The van der Waals surface area contributed by atoms with Crippen LogP contribution in [-0.2, 0) is 0 Å². The van der Waals surface area contributed by atoms with E-state index in [1.807, 2.05) is 30.3 Å². The Balaban J connectivity index is 1.88. The molecular weight excluding hydrogens is 246 g/mol. The van der Waals surface area contributed by atoms with Crippen LogP contribution in [-0.4, -0.2) is 29.6 Å². The topological polar surface area (TPSA) is 23.5 Å². The number of aliphatic hydroxyl groups excluding tert-OH is 1. The van der Waals surface area contributed by atoms with Gasteiger partial charge in [-0.15, -0.1) is 0 Å². The first kappa shape index (κ1) is 13.6. The quantitative estimate of drug-likeness (QED) is 0.904. The molecule has 1 unspecified atom stereocenters. The van der Waals surface area contributed by atoms with Gasteiger partial charge in [-0.25, -0.2) is 0 Å². The third kappa shape index (κ3) is 3.58. The Labute approximate surface area is 114 Å². The third-order valence-corrected chi connectivity index (χ3v) is 3.73. The van der Waals surface area contributed by atoms with Crippen LogP contribution in [0.2, 0.25) is 0 Å². The lowest BCUT2D eigenvalue weighted by molar-refractivity contribution is 0.0619. The van der Waals surface area contributed by atoms with Crippen molar-refractivity contribution in [3.8, 4) is 0 Å². The van der Waals surface area contributed by atoms with Crippen molar-refractivity contribution in [1.82, 2.24) is 4.90 Å². The average molecular weight is 266 g/mol. The third-order valence-electron chi connectivity index (χ3n) is 3.62. The molecule has 2 rings (SSSR count). The van der Waals surface area contributed by atoms with Gasteiger partial charge in [-0.3, -0.25) is 4.90 Å². The fraction of sp³-hybridized carbons (Fsp3) is 0.467. The molecule has 0 radical (unpaired) electrons. The molecule has 0 aromatic heterocycles. The molecule has 1 aliphatic rings. The van der Waals surface area contributed by atoms with Gasteiger partial charge in [-0.1, -0.05) is 48.5 Å². The summed E-state index contributed by atoms with van der Waals surface area (Å²) in [6.45, 7) is 6.46. The number of hydrogen-bond donors (Lipinski definition) is 1. The van der Waals surface area contributed by atoms with E-state index in [1.165, 1.54) is 0 Å². The molecule has 1 saturated heterocycles. The molecule has 0 amide bonds. The lowest BCUT2D eigenvalue weighted by Crippen LogP contribution is -2.36. The molecule has 1 aliphatic heterocycles. The first-order valence-corrected chi connectivity index (χ1v) is 6.83. The van der Waals surface area contributed by atoms with E-state index < -0.39 is 0 Å². The highest BCUT2D eigenvalue weighted by Gasteiger charge is 2.25. The minimum atomic E-state index is -0.340. The Kier molecular flexibility index (Phi) is 4.81. The molecule has 1 aromatic carbocycles. The van der Waals surface area contributed by atoms with Gasteiger partial charge >= 0.3 is 0 Å². The zero-order valence-electron chi connectivity index (χ0n) is 10.6. The molecule has 1 atom stereocenters. The summed E-state index contributed by atoms with van der Waals surface area (Å²) in [5, 5.41) is 11.0. The molecule has 1 N–H and O–H groups in total. The Morgan fingerprint density at radius 3 is 2.50 bits per heavy atom. The Morgan fingerprint density at radius 1 is 1.33 bits per heavy atom. The van der Waals surface area contributed by atoms with E-state index in [1.54, 1.807) is 0 Å². The number of piperidine rings is 1.